The smallest absolute Gasteiger partial charge is 0.390 e. The number of aliphatic hydroxyl groups excluding tert-OH is 1. The fourth-order valence-corrected chi connectivity index (χ4v) is 6.54. The Morgan fingerprint density at radius 3 is 1.51 bits per heavy atom. The van der Waals surface area contributed by atoms with Crippen LogP contribution in [-0.4, -0.2) is 96.4 Å². The molecular formula is C41H45F12N9O5. The number of carbonyl (C=O) groups is 4. The van der Waals surface area contributed by atoms with E-state index < -0.39 is 121 Å². The molecule has 67 heavy (non-hydrogen) atoms. The predicted molar refractivity (Wildman–Crippen MR) is 213 cm³/mol. The van der Waals surface area contributed by atoms with Crippen LogP contribution < -0.4 is 21.4 Å². The molecule has 26 heteroatoms. The van der Waals surface area contributed by atoms with Crippen LogP contribution in [0.5, 0.6) is 0 Å². The second-order valence-corrected chi connectivity index (χ2v) is 16.5. The molecule has 0 unspecified atom stereocenters. The van der Waals surface area contributed by atoms with E-state index in [-0.39, 0.29) is 26.9 Å². The van der Waals surface area contributed by atoms with Crippen LogP contribution in [0, 0.1) is 22.5 Å². The predicted octanol–water partition coefficient (Wildman–Crippen LogP) is 6.59. The third-order valence-corrected chi connectivity index (χ3v) is 10.8. The Bertz CT molecular complexity index is 2360. The number of nitrogens with one attached hydrogen (secondary N) is 4. The molecule has 0 fully saturated rings. The minimum Gasteiger partial charge on any atom is -0.390 e. The molecule has 5 N–H and O–H groups in total. The van der Waals surface area contributed by atoms with Gasteiger partial charge in [0.2, 0.25) is 17.7 Å². The monoisotopic (exact) mass is 971 g/mol. The zero-order valence-corrected chi connectivity index (χ0v) is 36.2. The van der Waals surface area contributed by atoms with Gasteiger partial charge in [0.1, 0.15) is 23.7 Å². The minimum absolute atomic E-state index is 0.182. The Kier molecular flexibility index (Phi) is 16.6. The summed E-state index contributed by atoms with van der Waals surface area (Å²) in [4.78, 5) is 51.8. The number of amides is 4. The SMILES string of the molecule is CC(=O)N[C@H](C(=O)N[C@@H](Cc1ccc(-c2cnn(C(F)F)c2)cc1)[C@@H](O)CN(Cc1c(F)cc(-c2cnn(C(F)F)c2)cc1F)NC(=O)[C@@H](NC(C)=O)C(C)(C)C(F)(F)F)C(C)(C)C(F)(F)F. The van der Waals surface area contributed by atoms with E-state index in [0.717, 1.165) is 38.6 Å². The van der Waals surface area contributed by atoms with Crippen molar-refractivity contribution in [3.63, 3.8) is 0 Å². The Balaban J connectivity index is 1.81. The molecule has 2 aromatic heterocycles. The summed E-state index contributed by atoms with van der Waals surface area (Å²) < 4.78 is 171. The normalized spacial score (nSPS) is 14.5. The van der Waals surface area contributed by atoms with Crippen LogP contribution in [-0.2, 0) is 32.1 Å². The molecule has 0 saturated carbocycles. The summed E-state index contributed by atoms with van der Waals surface area (Å²) in [6.45, 7) is -4.46. The van der Waals surface area contributed by atoms with E-state index in [4.69, 9.17) is 0 Å². The van der Waals surface area contributed by atoms with E-state index in [0.29, 0.717) is 55.1 Å². The first-order valence-electron chi connectivity index (χ1n) is 19.8. The number of benzene rings is 2. The maximum absolute atomic E-state index is 15.8. The lowest BCUT2D eigenvalue weighted by Gasteiger charge is -2.38. The van der Waals surface area contributed by atoms with Crippen LogP contribution in [0.1, 0.15) is 65.8 Å². The first kappa shape index (κ1) is 53.4. The quantitative estimate of drug-likeness (QED) is 0.0517. The van der Waals surface area contributed by atoms with Gasteiger partial charge in [-0.15, -0.1) is 0 Å². The summed E-state index contributed by atoms with van der Waals surface area (Å²) in [5.41, 5.74) is -4.71. The molecule has 14 nitrogen and oxygen atoms in total. The van der Waals surface area contributed by atoms with Gasteiger partial charge in [0.05, 0.1) is 35.4 Å². The van der Waals surface area contributed by atoms with Gasteiger partial charge in [0.25, 0.3) is 5.91 Å². The van der Waals surface area contributed by atoms with Gasteiger partial charge in [-0.2, -0.15) is 54.1 Å². The number of nitrogens with zero attached hydrogens (tertiary/aromatic N) is 5. The maximum Gasteiger partial charge on any atom is 0.396 e. The van der Waals surface area contributed by atoms with Crippen molar-refractivity contribution in [3.05, 3.63) is 83.9 Å². The molecule has 0 aliphatic rings. The summed E-state index contributed by atoms with van der Waals surface area (Å²) in [5, 5.41) is 25.3. The summed E-state index contributed by atoms with van der Waals surface area (Å²) in [5.74, 6) is -8.21. The van der Waals surface area contributed by atoms with Crippen LogP contribution in [0.3, 0.4) is 0 Å². The number of aromatic nitrogens is 4. The van der Waals surface area contributed by atoms with Gasteiger partial charge in [0.15, 0.2) is 0 Å². The lowest BCUT2D eigenvalue weighted by molar-refractivity contribution is -0.222. The van der Waals surface area contributed by atoms with Gasteiger partial charge in [-0.25, -0.2) is 23.2 Å². The van der Waals surface area contributed by atoms with Crippen molar-refractivity contribution in [3.8, 4) is 22.3 Å². The van der Waals surface area contributed by atoms with Crippen molar-refractivity contribution in [2.24, 2.45) is 10.8 Å². The maximum atomic E-state index is 15.8. The van der Waals surface area contributed by atoms with Crippen molar-refractivity contribution in [2.45, 2.75) is 104 Å². The first-order valence-corrected chi connectivity index (χ1v) is 19.8. The Labute approximate surface area is 374 Å². The molecule has 0 radical (unpaired) electrons. The Hall–Kier alpha value is -6.18. The van der Waals surface area contributed by atoms with Gasteiger partial charge in [-0.3, -0.25) is 24.6 Å². The summed E-state index contributed by atoms with van der Waals surface area (Å²) in [6, 6.07) is 0.241. The molecule has 0 aliphatic heterocycles. The molecule has 0 aliphatic carbocycles. The topological polar surface area (TPSA) is 176 Å². The average Bonchev–Trinajstić information content (AvgIpc) is 3.91. The number of aliphatic hydroxyl groups is 1. The molecule has 4 rings (SSSR count). The highest BCUT2D eigenvalue weighted by molar-refractivity contribution is 5.88. The van der Waals surface area contributed by atoms with Gasteiger partial charge in [-0.1, -0.05) is 24.3 Å². The summed E-state index contributed by atoms with van der Waals surface area (Å²) in [6.07, 6.45) is -9.23. The first-order chi connectivity index (χ1) is 30.8. The van der Waals surface area contributed by atoms with E-state index in [1.165, 1.54) is 24.3 Å². The molecule has 0 saturated heterocycles. The van der Waals surface area contributed by atoms with E-state index in [2.05, 4.69) is 15.5 Å². The number of rotatable bonds is 19. The van der Waals surface area contributed by atoms with Crippen molar-refractivity contribution in [1.82, 2.24) is 45.9 Å². The van der Waals surface area contributed by atoms with Gasteiger partial charge < -0.3 is 21.1 Å². The van der Waals surface area contributed by atoms with Gasteiger partial charge in [0, 0.05) is 56.0 Å². The molecule has 2 aromatic carbocycles. The standard InChI is InChI=1S/C41H45F12N9O5/c1-20(63)56-32(38(3,4)40(48,49)50)34(66)58-30(11-22-7-9-23(10-8-22)25-14-54-61(16-25)36(44)45)31(65)19-60(59-35(67)33(57-21(2)64)39(5,6)41(51,52)53)18-27-28(42)12-24(13-29(27)43)26-15-55-62(17-26)37(46)47/h7-10,12-17,30-33,36-37,65H,11,18-19H2,1-6H3,(H,56,63)(H,57,64)(H,58,66)(H,59,67)/t30-,31-,32+,33+/m0/s1. The number of hydrogen-bond acceptors (Lipinski definition) is 8. The van der Waals surface area contributed by atoms with Crippen LogP contribution >= 0.6 is 0 Å². The number of carbonyl (C=O) groups excluding carboxylic acids is 4. The second kappa shape index (κ2) is 20.8. The van der Waals surface area contributed by atoms with Crippen LogP contribution in [0.25, 0.3) is 22.3 Å². The van der Waals surface area contributed by atoms with Crippen molar-refractivity contribution in [1.29, 1.82) is 0 Å². The van der Waals surface area contributed by atoms with Gasteiger partial charge in [-0.05, 0) is 62.9 Å². The molecule has 368 valence electrons. The lowest BCUT2D eigenvalue weighted by Crippen LogP contribution is -2.63. The largest absolute Gasteiger partial charge is 0.396 e. The highest BCUT2D eigenvalue weighted by Gasteiger charge is 2.57. The van der Waals surface area contributed by atoms with Gasteiger partial charge >= 0.3 is 25.5 Å². The molecular weight excluding hydrogens is 926 g/mol. The third-order valence-electron chi connectivity index (χ3n) is 10.8. The second-order valence-electron chi connectivity index (χ2n) is 16.5. The fraction of sp³-hybridized carbons (Fsp3) is 0.463. The molecule has 2 heterocycles. The number of hydrazine groups is 1. The van der Waals surface area contributed by atoms with E-state index >= 15 is 8.78 Å². The van der Waals surface area contributed by atoms with E-state index in [1.54, 1.807) is 0 Å². The number of halogens is 12. The number of alkyl halides is 10. The summed E-state index contributed by atoms with van der Waals surface area (Å²) in [7, 11) is 0. The minimum atomic E-state index is -5.18. The Morgan fingerprint density at radius 2 is 1.10 bits per heavy atom. The highest BCUT2D eigenvalue weighted by atomic mass is 19.4. The third kappa shape index (κ3) is 13.0. The molecule has 4 aromatic rings. The van der Waals surface area contributed by atoms with Crippen LogP contribution in [0.4, 0.5) is 52.7 Å². The van der Waals surface area contributed by atoms with E-state index in [1.807, 2.05) is 16.1 Å². The molecule has 0 bridgehead atoms. The van der Waals surface area contributed by atoms with Crippen molar-refractivity contribution in [2.75, 3.05) is 6.54 Å². The Morgan fingerprint density at radius 1 is 0.672 bits per heavy atom. The number of hydrogen-bond donors (Lipinski definition) is 5. The van der Waals surface area contributed by atoms with Crippen LogP contribution in [0.2, 0.25) is 0 Å². The molecule has 4 atom stereocenters. The highest BCUT2D eigenvalue weighted by Crippen LogP contribution is 2.42. The molecule has 0 spiro atoms. The van der Waals surface area contributed by atoms with Crippen molar-refractivity contribution >= 4 is 23.6 Å². The van der Waals surface area contributed by atoms with Crippen LogP contribution in [0.15, 0.2) is 61.2 Å². The lowest BCUT2D eigenvalue weighted by atomic mass is 9.82. The van der Waals surface area contributed by atoms with Crippen molar-refractivity contribution < 1.29 is 77.0 Å². The summed E-state index contributed by atoms with van der Waals surface area (Å²) >= 11 is 0. The zero-order valence-electron chi connectivity index (χ0n) is 36.2. The molecule has 4 amide bonds. The average molecular weight is 972 g/mol. The fourth-order valence-electron chi connectivity index (χ4n) is 6.54. The zero-order chi connectivity index (χ0) is 50.6. The van der Waals surface area contributed by atoms with E-state index in [9.17, 15) is 68.2 Å².